The SMILES string of the molecule is Brc1ccc2nc(C3CCCS3)cn2c1. The summed E-state index contributed by atoms with van der Waals surface area (Å²) < 4.78 is 3.19. The minimum absolute atomic E-state index is 0.615. The highest BCUT2D eigenvalue weighted by atomic mass is 79.9. The number of nitrogens with zero attached hydrogens (tertiary/aromatic N) is 2. The zero-order chi connectivity index (χ0) is 10.3. The van der Waals surface area contributed by atoms with Gasteiger partial charge in [-0.2, -0.15) is 11.8 Å². The van der Waals surface area contributed by atoms with Crippen LogP contribution in [0.2, 0.25) is 0 Å². The van der Waals surface area contributed by atoms with Gasteiger partial charge in [-0.15, -0.1) is 0 Å². The van der Waals surface area contributed by atoms with Crippen molar-refractivity contribution in [2.24, 2.45) is 0 Å². The number of fused-ring (bicyclic) bond motifs is 1. The lowest BCUT2D eigenvalue weighted by Crippen LogP contribution is -1.86. The molecule has 15 heavy (non-hydrogen) atoms. The molecule has 2 nitrogen and oxygen atoms in total. The maximum absolute atomic E-state index is 4.66. The van der Waals surface area contributed by atoms with Crippen LogP contribution in [0.4, 0.5) is 0 Å². The van der Waals surface area contributed by atoms with Crippen molar-refractivity contribution in [1.29, 1.82) is 0 Å². The fourth-order valence-corrected chi connectivity index (χ4v) is 3.54. The summed E-state index contributed by atoms with van der Waals surface area (Å²) >= 11 is 5.50. The van der Waals surface area contributed by atoms with E-state index in [2.05, 4.69) is 37.7 Å². The molecule has 3 rings (SSSR count). The molecule has 2 aromatic heterocycles. The van der Waals surface area contributed by atoms with Gasteiger partial charge in [-0.25, -0.2) is 4.98 Å². The first kappa shape index (κ1) is 9.73. The molecule has 1 saturated heterocycles. The van der Waals surface area contributed by atoms with E-state index in [4.69, 9.17) is 0 Å². The fourth-order valence-electron chi connectivity index (χ4n) is 1.95. The number of aromatic nitrogens is 2. The Balaban J connectivity index is 2.05. The van der Waals surface area contributed by atoms with Crippen LogP contribution < -0.4 is 0 Å². The molecule has 0 amide bonds. The highest BCUT2D eigenvalue weighted by Crippen LogP contribution is 2.39. The molecule has 3 heterocycles. The van der Waals surface area contributed by atoms with E-state index in [-0.39, 0.29) is 0 Å². The Labute approximate surface area is 101 Å². The zero-order valence-corrected chi connectivity index (χ0v) is 10.6. The predicted molar refractivity (Wildman–Crippen MR) is 67.3 cm³/mol. The first-order valence-corrected chi connectivity index (χ1v) is 6.93. The van der Waals surface area contributed by atoms with Crippen LogP contribution in [0.5, 0.6) is 0 Å². The van der Waals surface area contributed by atoms with Crippen molar-refractivity contribution >= 4 is 33.3 Å². The standard InChI is InChI=1S/C11H11BrN2S/c12-8-3-4-11-13-9(7-14(11)6-8)10-2-1-5-15-10/h3-4,6-7,10H,1-2,5H2. The number of thioether (sulfide) groups is 1. The summed E-state index contributed by atoms with van der Waals surface area (Å²) in [6.45, 7) is 0. The molecule has 0 aliphatic carbocycles. The van der Waals surface area contributed by atoms with Gasteiger partial charge >= 0.3 is 0 Å². The summed E-state index contributed by atoms with van der Waals surface area (Å²) in [5.74, 6) is 1.28. The van der Waals surface area contributed by atoms with Gasteiger partial charge in [0.25, 0.3) is 0 Å². The normalized spacial score (nSPS) is 21.3. The van der Waals surface area contributed by atoms with Crippen LogP contribution in [0.1, 0.15) is 23.8 Å². The number of hydrogen-bond donors (Lipinski definition) is 0. The third kappa shape index (κ3) is 1.81. The lowest BCUT2D eigenvalue weighted by Gasteiger charge is -2.01. The maximum Gasteiger partial charge on any atom is 0.137 e. The molecular formula is C11H11BrN2S. The highest BCUT2D eigenvalue weighted by molar-refractivity contribution is 9.10. The second-order valence-corrected chi connectivity index (χ2v) is 6.01. The zero-order valence-electron chi connectivity index (χ0n) is 8.19. The Morgan fingerprint density at radius 2 is 2.33 bits per heavy atom. The van der Waals surface area contributed by atoms with Crippen molar-refractivity contribution in [2.45, 2.75) is 18.1 Å². The van der Waals surface area contributed by atoms with Crippen LogP contribution in [-0.2, 0) is 0 Å². The van der Waals surface area contributed by atoms with E-state index in [0.717, 1.165) is 10.1 Å². The molecule has 1 aliphatic heterocycles. The summed E-state index contributed by atoms with van der Waals surface area (Å²) in [7, 11) is 0. The van der Waals surface area contributed by atoms with Crippen molar-refractivity contribution in [3.63, 3.8) is 0 Å². The summed E-state index contributed by atoms with van der Waals surface area (Å²) in [5, 5.41) is 0.615. The summed E-state index contributed by atoms with van der Waals surface area (Å²) in [6.07, 6.45) is 6.82. The van der Waals surface area contributed by atoms with Gasteiger partial charge in [0.1, 0.15) is 5.65 Å². The van der Waals surface area contributed by atoms with E-state index in [9.17, 15) is 0 Å². The summed E-state index contributed by atoms with van der Waals surface area (Å²) in [4.78, 5) is 4.66. The van der Waals surface area contributed by atoms with Gasteiger partial charge in [0.2, 0.25) is 0 Å². The number of pyridine rings is 1. The number of halogens is 1. The number of hydrogen-bond acceptors (Lipinski definition) is 2. The Bertz CT molecular complexity index is 488. The van der Waals surface area contributed by atoms with Crippen molar-refractivity contribution in [2.75, 3.05) is 5.75 Å². The first-order chi connectivity index (χ1) is 7.33. The molecule has 4 heteroatoms. The number of imidazole rings is 1. The van der Waals surface area contributed by atoms with Crippen LogP contribution in [0.25, 0.3) is 5.65 Å². The highest BCUT2D eigenvalue weighted by Gasteiger charge is 2.20. The van der Waals surface area contributed by atoms with E-state index < -0.39 is 0 Å². The molecule has 0 spiro atoms. The van der Waals surface area contributed by atoms with Gasteiger partial charge in [0.05, 0.1) is 5.69 Å². The fraction of sp³-hybridized carbons (Fsp3) is 0.364. The molecular weight excluding hydrogens is 272 g/mol. The Hall–Kier alpha value is -0.480. The second-order valence-electron chi connectivity index (χ2n) is 3.78. The average Bonchev–Trinajstić information content (AvgIpc) is 2.84. The Kier molecular flexibility index (Phi) is 2.48. The van der Waals surface area contributed by atoms with E-state index in [1.54, 1.807) is 0 Å². The molecule has 78 valence electrons. The van der Waals surface area contributed by atoms with E-state index in [0.29, 0.717) is 5.25 Å². The van der Waals surface area contributed by atoms with Crippen molar-refractivity contribution in [1.82, 2.24) is 9.38 Å². The van der Waals surface area contributed by atoms with Gasteiger partial charge in [0.15, 0.2) is 0 Å². The first-order valence-electron chi connectivity index (χ1n) is 5.09. The van der Waals surface area contributed by atoms with Crippen LogP contribution in [0, 0.1) is 0 Å². The van der Waals surface area contributed by atoms with E-state index >= 15 is 0 Å². The predicted octanol–water partition coefficient (Wildman–Crippen LogP) is 3.66. The van der Waals surface area contributed by atoms with Gasteiger partial charge in [-0.3, -0.25) is 0 Å². The van der Waals surface area contributed by atoms with Crippen LogP contribution in [0.3, 0.4) is 0 Å². The topological polar surface area (TPSA) is 17.3 Å². The minimum Gasteiger partial charge on any atom is -0.306 e. The van der Waals surface area contributed by atoms with Crippen molar-refractivity contribution < 1.29 is 0 Å². The van der Waals surface area contributed by atoms with Crippen LogP contribution in [0.15, 0.2) is 29.0 Å². The molecule has 1 unspecified atom stereocenters. The Morgan fingerprint density at radius 3 is 3.13 bits per heavy atom. The maximum atomic E-state index is 4.66. The Morgan fingerprint density at radius 1 is 1.40 bits per heavy atom. The quantitative estimate of drug-likeness (QED) is 0.794. The molecule has 1 atom stereocenters. The van der Waals surface area contributed by atoms with E-state index in [1.165, 1.54) is 24.3 Å². The van der Waals surface area contributed by atoms with E-state index in [1.807, 2.05) is 23.9 Å². The van der Waals surface area contributed by atoms with Gasteiger partial charge in [-0.05, 0) is 46.7 Å². The van der Waals surface area contributed by atoms with Crippen LogP contribution in [-0.4, -0.2) is 15.1 Å². The minimum atomic E-state index is 0.615. The summed E-state index contributed by atoms with van der Waals surface area (Å²) in [5.41, 5.74) is 2.27. The molecule has 0 saturated carbocycles. The van der Waals surface area contributed by atoms with Crippen molar-refractivity contribution in [3.8, 4) is 0 Å². The third-order valence-electron chi connectivity index (χ3n) is 2.69. The van der Waals surface area contributed by atoms with Crippen molar-refractivity contribution in [3.05, 3.63) is 34.7 Å². The molecule has 0 radical (unpaired) electrons. The molecule has 0 bridgehead atoms. The largest absolute Gasteiger partial charge is 0.306 e. The summed E-state index contributed by atoms with van der Waals surface area (Å²) in [6, 6.07) is 4.08. The average molecular weight is 283 g/mol. The lowest BCUT2D eigenvalue weighted by atomic mass is 10.2. The lowest BCUT2D eigenvalue weighted by molar-refractivity contribution is 0.813. The molecule has 0 aromatic carbocycles. The van der Waals surface area contributed by atoms with Crippen LogP contribution >= 0.6 is 27.7 Å². The number of rotatable bonds is 1. The molecule has 2 aromatic rings. The smallest absolute Gasteiger partial charge is 0.137 e. The second kappa shape index (κ2) is 3.83. The third-order valence-corrected chi connectivity index (χ3v) is 4.57. The van der Waals surface area contributed by atoms with Gasteiger partial charge < -0.3 is 4.40 Å². The monoisotopic (exact) mass is 282 g/mol. The molecule has 1 fully saturated rings. The van der Waals surface area contributed by atoms with Gasteiger partial charge in [0, 0.05) is 22.1 Å². The van der Waals surface area contributed by atoms with Gasteiger partial charge in [-0.1, -0.05) is 0 Å². The molecule has 1 aliphatic rings. The molecule has 0 N–H and O–H groups in total.